The van der Waals surface area contributed by atoms with Crippen LogP contribution in [0.5, 0.6) is 11.5 Å². The summed E-state index contributed by atoms with van der Waals surface area (Å²) in [6.07, 6.45) is 3.22. The molecule has 0 unspecified atom stereocenters. The quantitative estimate of drug-likeness (QED) is 0.557. The highest BCUT2D eigenvalue weighted by Crippen LogP contribution is 2.61. The molecule has 0 aliphatic carbocycles. The zero-order valence-corrected chi connectivity index (χ0v) is 18.5. The second-order valence-electron chi connectivity index (χ2n) is 6.27. The molecule has 0 saturated carbocycles. The molecule has 2 rings (SSSR count). The smallest absolute Gasteiger partial charge is 0.363 e. The van der Waals surface area contributed by atoms with Crippen LogP contribution in [0.1, 0.15) is 36.5 Å². The molecule has 1 aromatic heterocycles. The number of nitrogens with one attached hydrogen (secondary N) is 1. The minimum absolute atomic E-state index is 0.0222. The van der Waals surface area contributed by atoms with E-state index >= 15 is 0 Å². The molecule has 1 heterocycles. The summed E-state index contributed by atoms with van der Waals surface area (Å²) in [5.74, 6) is 0.944. The molecule has 1 aromatic carbocycles. The lowest BCUT2D eigenvalue weighted by molar-refractivity contribution is 0.230. The van der Waals surface area contributed by atoms with Gasteiger partial charge in [0.25, 0.3) is 0 Å². The van der Waals surface area contributed by atoms with Crippen molar-refractivity contribution in [3.05, 3.63) is 47.2 Å². The highest BCUT2D eigenvalue weighted by molar-refractivity contribution is 7.65. The SMILES string of the molecule is CCOP(=O)(OCC)/C(=C\Nc1cnc(C)nc1C)c1cc(C)c(O)c(OC)c1. The van der Waals surface area contributed by atoms with Crippen LogP contribution in [0, 0.1) is 20.8 Å². The minimum Gasteiger partial charge on any atom is -0.504 e. The number of benzene rings is 1. The molecule has 0 aliphatic heterocycles. The Morgan fingerprint density at radius 3 is 2.41 bits per heavy atom. The largest absolute Gasteiger partial charge is 0.504 e. The summed E-state index contributed by atoms with van der Waals surface area (Å²) in [6.45, 7) is 9.29. The third-order valence-corrected chi connectivity index (χ3v) is 6.31. The van der Waals surface area contributed by atoms with Crippen LogP contribution in [-0.2, 0) is 13.6 Å². The lowest BCUT2D eigenvalue weighted by Gasteiger charge is -2.22. The number of rotatable bonds is 9. The maximum atomic E-state index is 13.6. The molecule has 0 amide bonds. The molecule has 29 heavy (non-hydrogen) atoms. The lowest BCUT2D eigenvalue weighted by Crippen LogP contribution is -2.03. The van der Waals surface area contributed by atoms with Crippen LogP contribution in [0.4, 0.5) is 5.69 Å². The number of ether oxygens (including phenoxy) is 1. The maximum Gasteiger partial charge on any atom is 0.363 e. The van der Waals surface area contributed by atoms with Gasteiger partial charge in [0.1, 0.15) is 5.82 Å². The van der Waals surface area contributed by atoms with Crippen LogP contribution in [0.3, 0.4) is 0 Å². The molecule has 0 radical (unpaired) electrons. The zero-order chi connectivity index (χ0) is 21.6. The van der Waals surface area contributed by atoms with Crippen LogP contribution < -0.4 is 10.1 Å². The third-order valence-electron chi connectivity index (χ3n) is 4.14. The Labute approximate surface area is 171 Å². The minimum atomic E-state index is -3.66. The van der Waals surface area contributed by atoms with Gasteiger partial charge in [0.05, 0.1) is 43.2 Å². The second kappa shape index (κ2) is 9.87. The predicted octanol–water partition coefficient (Wildman–Crippen LogP) is 4.79. The normalized spacial score (nSPS) is 12.1. The van der Waals surface area contributed by atoms with E-state index < -0.39 is 7.60 Å². The van der Waals surface area contributed by atoms with E-state index in [1.54, 1.807) is 45.3 Å². The molecule has 0 saturated heterocycles. The molecule has 0 bridgehead atoms. The van der Waals surface area contributed by atoms with Crippen LogP contribution in [0.15, 0.2) is 24.5 Å². The molecule has 158 valence electrons. The zero-order valence-electron chi connectivity index (χ0n) is 17.6. The molecular formula is C20H28N3O5P. The molecule has 0 fully saturated rings. The third kappa shape index (κ3) is 5.35. The molecule has 0 aliphatic rings. The summed E-state index contributed by atoms with van der Waals surface area (Å²) in [4.78, 5) is 8.52. The predicted molar refractivity (Wildman–Crippen MR) is 113 cm³/mol. The first-order valence-corrected chi connectivity index (χ1v) is 10.8. The fourth-order valence-electron chi connectivity index (χ4n) is 2.76. The monoisotopic (exact) mass is 421 g/mol. The van der Waals surface area contributed by atoms with E-state index in [0.29, 0.717) is 28.0 Å². The van der Waals surface area contributed by atoms with Crippen LogP contribution in [0.25, 0.3) is 5.31 Å². The van der Waals surface area contributed by atoms with Crippen molar-refractivity contribution >= 4 is 18.6 Å². The Morgan fingerprint density at radius 1 is 1.21 bits per heavy atom. The molecule has 2 N–H and O–H groups in total. The summed E-state index contributed by atoms with van der Waals surface area (Å²) >= 11 is 0. The van der Waals surface area contributed by atoms with Crippen molar-refractivity contribution in [3.63, 3.8) is 0 Å². The first-order chi connectivity index (χ1) is 13.8. The average Bonchev–Trinajstić information content (AvgIpc) is 2.66. The van der Waals surface area contributed by atoms with Crippen molar-refractivity contribution in [2.24, 2.45) is 0 Å². The molecule has 2 aromatic rings. The summed E-state index contributed by atoms with van der Waals surface area (Å²) < 4.78 is 30.0. The standard InChI is InChI=1S/C20H28N3O5P/c1-7-27-29(25,28-8-2)19(12-22-17-11-21-15(5)23-14(17)4)16-9-13(3)20(24)18(10-16)26-6/h9-12,22,24H,7-8H2,1-6H3/b19-12-. The Balaban J connectivity index is 2.62. The van der Waals surface area contributed by atoms with Crippen molar-refractivity contribution in [2.75, 3.05) is 25.6 Å². The van der Waals surface area contributed by atoms with Crippen LogP contribution >= 0.6 is 7.60 Å². The van der Waals surface area contributed by atoms with Gasteiger partial charge >= 0.3 is 7.60 Å². The van der Waals surface area contributed by atoms with Gasteiger partial charge in [0, 0.05) is 6.20 Å². The number of aromatic nitrogens is 2. The van der Waals surface area contributed by atoms with Gasteiger partial charge in [-0.25, -0.2) is 9.97 Å². The van der Waals surface area contributed by atoms with Gasteiger partial charge in [-0.3, -0.25) is 4.57 Å². The first-order valence-electron chi connectivity index (χ1n) is 9.30. The molecule has 8 nitrogen and oxygen atoms in total. The fourth-order valence-corrected chi connectivity index (χ4v) is 4.46. The second-order valence-corrected chi connectivity index (χ2v) is 8.26. The van der Waals surface area contributed by atoms with Crippen molar-refractivity contribution in [3.8, 4) is 11.5 Å². The molecule has 0 spiro atoms. The summed E-state index contributed by atoms with van der Waals surface area (Å²) in [7, 11) is -2.20. The molecule has 0 atom stereocenters. The summed E-state index contributed by atoms with van der Waals surface area (Å²) in [6, 6.07) is 3.30. The number of hydrogen-bond donors (Lipinski definition) is 2. The Kier molecular flexibility index (Phi) is 7.79. The van der Waals surface area contributed by atoms with E-state index in [1.165, 1.54) is 7.11 Å². The number of hydrogen-bond acceptors (Lipinski definition) is 8. The van der Waals surface area contributed by atoms with E-state index in [4.69, 9.17) is 13.8 Å². The van der Waals surface area contributed by atoms with Crippen molar-refractivity contribution in [1.82, 2.24) is 9.97 Å². The van der Waals surface area contributed by atoms with Gasteiger partial charge in [-0.1, -0.05) is 0 Å². The van der Waals surface area contributed by atoms with E-state index in [2.05, 4.69) is 15.3 Å². The summed E-state index contributed by atoms with van der Waals surface area (Å²) in [5.41, 5.74) is 2.52. The van der Waals surface area contributed by atoms with Gasteiger partial charge in [0.15, 0.2) is 11.5 Å². The topological polar surface area (TPSA) is 103 Å². The molecule has 9 heteroatoms. The van der Waals surface area contributed by atoms with Gasteiger partial charge < -0.3 is 24.2 Å². The van der Waals surface area contributed by atoms with Crippen molar-refractivity contribution in [1.29, 1.82) is 0 Å². The number of aryl methyl sites for hydroxylation is 3. The van der Waals surface area contributed by atoms with Gasteiger partial charge in [-0.2, -0.15) is 0 Å². The van der Waals surface area contributed by atoms with E-state index in [1.807, 2.05) is 13.8 Å². The Bertz CT molecular complexity index is 936. The van der Waals surface area contributed by atoms with Gasteiger partial charge in [-0.05, 0) is 57.9 Å². The summed E-state index contributed by atoms with van der Waals surface area (Å²) in [5, 5.41) is 13.6. The van der Waals surface area contributed by atoms with E-state index in [0.717, 1.165) is 5.69 Å². The maximum absolute atomic E-state index is 13.6. The highest BCUT2D eigenvalue weighted by Gasteiger charge is 2.32. The van der Waals surface area contributed by atoms with Gasteiger partial charge in [-0.15, -0.1) is 0 Å². The fraction of sp³-hybridized carbons (Fsp3) is 0.400. The van der Waals surface area contributed by atoms with Gasteiger partial charge in [0.2, 0.25) is 0 Å². The average molecular weight is 421 g/mol. The van der Waals surface area contributed by atoms with Crippen LogP contribution in [0.2, 0.25) is 0 Å². The Hall–Kier alpha value is -2.41. The van der Waals surface area contributed by atoms with Crippen molar-refractivity contribution < 1.29 is 23.5 Å². The van der Waals surface area contributed by atoms with E-state index in [9.17, 15) is 9.67 Å². The number of nitrogens with zero attached hydrogens (tertiary/aromatic N) is 2. The molecular weight excluding hydrogens is 393 g/mol. The van der Waals surface area contributed by atoms with E-state index in [-0.39, 0.29) is 24.7 Å². The lowest BCUT2D eigenvalue weighted by atomic mass is 10.1. The Morgan fingerprint density at radius 2 is 1.86 bits per heavy atom. The van der Waals surface area contributed by atoms with Crippen molar-refractivity contribution in [2.45, 2.75) is 34.6 Å². The first kappa shape index (κ1) is 22.9. The number of phenols is 1. The number of anilines is 1. The number of phenolic OH excluding ortho intramolecular Hbond substituents is 1. The number of aromatic hydroxyl groups is 1. The van der Waals surface area contributed by atoms with Crippen LogP contribution in [-0.4, -0.2) is 35.4 Å². The highest BCUT2D eigenvalue weighted by atomic mass is 31.2. The number of methoxy groups -OCH3 is 1.